The Balaban J connectivity index is 1.06. The normalized spacial score (nSPS) is 19.0. The summed E-state index contributed by atoms with van der Waals surface area (Å²) in [7, 11) is 0. The first-order valence-electron chi connectivity index (χ1n) is 16.8. The highest BCUT2D eigenvalue weighted by Crippen LogP contribution is 2.35. The molecule has 15 heteroatoms. The third-order valence-corrected chi connectivity index (χ3v) is 9.26. The summed E-state index contributed by atoms with van der Waals surface area (Å²) in [5.41, 5.74) is 3.36. The second-order valence-corrected chi connectivity index (χ2v) is 12.8. The summed E-state index contributed by atoms with van der Waals surface area (Å²) >= 11 is 6.51. The number of tetrazole rings is 1. The third kappa shape index (κ3) is 8.50. The van der Waals surface area contributed by atoms with Gasteiger partial charge in [-0.2, -0.15) is 0 Å². The largest absolute Gasteiger partial charge is 0.487 e. The van der Waals surface area contributed by atoms with E-state index in [1.165, 1.54) is 0 Å². The molecule has 0 bridgehead atoms. The zero-order valence-corrected chi connectivity index (χ0v) is 28.2. The van der Waals surface area contributed by atoms with Crippen molar-refractivity contribution in [2.45, 2.75) is 63.8 Å². The standard InChI is InChI=1S/C34H40ClN11O3/c1-24(21-45-23-38-42-43-45)49-32-19-26(4-9-29(32)35)30-10-13-37-34(39-30)40-31-22-46(41-33(31)48-16-11-25-3-2-12-36-20-25)28-7-5-27(6-8-28)44-14-17-47-18-15-44/h2-4,9-10,12-13,19-20,22-24,27-28H,5-8,11,14-18,21H2,1H3,(H,37,39,40)/t24-,27?,28?/m0/s1. The number of morpholine rings is 1. The van der Waals surface area contributed by atoms with E-state index in [0.29, 0.717) is 53.9 Å². The van der Waals surface area contributed by atoms with Gasteiger partial charge in [-0.25, -0.2) is 14.6 Å². The average molecular weight is 686 g/mol. The summed E-state index contributed by atoms with van der Waals surface area (Å²) < 4.78 is 21.7. The molecule has 2 aliphatic rings. The van der Waals surface area contributed by atoms with E-state index in [-0.39, 0.29) is 12.1 Å². The molecule has 1 saturated carbocycles. The van der Waals surface area contributed by atoms with Crippen LogP contribution in [0.3, 0.4) is 0 Å². The molecular weight excluding hydrogens is 646 g/mol. The van der Waals surface area contributed by atoms with Gasteiger partial charge >= 0.3 is 0 Å². The third-order valence-electron chi connectivity index (χ3n) is 8.95. The SMILES string of the molecule is C[C@@H](Cn1cnnn1)Oc1cc(-c2ccnc(Nc3cn(C4CCC(N5CCOCC5)CC4)nc3OCCc3cccnc3)n2)ccc1Cl. The molecule has 5 heterocycles. The molecule has 2 fully saturated rings. The quantitative estimate of drug-likeness (QED) is 0.178. The number of hydrogen-bond donors (Lipinski definition) is 1. The second-order valence-electron chi connectivity index (χ2n) is 12.4. The highest BCUT2D eigenvalue weighted by molar-refractivity contribution is 6.32. The predicted octanol–water partition coefficient (Wildman–Crippen LogP) is 5.02. The zero-order chi connectivity index (χ0) is 33.4. The van der Waals surface area contributed by atoms with Gasteiger partial charge in [0.1, 0.15) is 23.9 Å². The molecule has 0 spiro atoms. The molecule has 14 nitrogen and oxygen atoms in total. The van der Waals surface area contributed by atoms with E-state index < -0.39 is 0 Å². The van der Waals surface area contributed by atoms with Crippen LogP contribution in [-0.2, 0) is 17.7 Å². The maximum atomic E-state index is 6.51. The number of nitrogens with one attached hydrogen (secondary N) is 1. The smallest absolute Gasteiger partial charge is 0.256 e. The van der Waals surface area contributed by atoms with Gasteiger partial charge in [0.2, 0.25) is 5.95 Å². The zero-order valence-electron chi connectivity index (χ0n) is 27.4. The first kappa shape index (κ1) is 32.9. The molecule has 49 heavy (non-hydrogen) atoms. The second kappa shape index (κ2) is 15.7. The molecule has 4 aromatic heterocycles. The van der Waals surface area contributed by atoms with E-state index in [0.717, 1.165) is 68.8 Å². The van der Waals surface area contributed by atoms with Gasteiger partial charge in [0.05, 0.1) is 49.3 Å². The lowest BCUT2D eigenvalue weighted by Crippen LogP contribution is -2.45. The molecule has 5 aromatic rings. The lowest BCUT2D eigenvalue weighted by molar-refractivity contribution is 0.00503. The highest BCUT2D eigenvalue weighted by atomic mass is 35.5. The molecule has 1 aliphatic heterocycles. The Bertz CT molecular complexity index is 1780. The Kier molecular flexibility index (Phi) is 10.5. The van der Waals surface area contributed by atoms with Crippen LogP contribution in [0.15, 0.2) is 67.5 Å². The van der Waals surface area contributed by atoms with Crippen molar-refractivity contribution >= 4 is 23.2 Å². The van der Waals surface area contributed by atoms with Crippen LogP contribution in [0, 0.1) is 0 Å². The van der Waals surface area contributed by atoms with E-state index in [1.807, 2.05) is 49.6 Å². The van der Waals surface area contributed by atoms with Crippen molar-refractivity contribution in [2.75, 3.05) is 38.2 Å². The Hall–Kier alpha value is -4.66. The molecule has 0 amide bonds. The van der Waals surface area contributed by atoms with Gasteiger partial charge in [0.25, 0.3) is 5.88 Å². The van der Waals surface area contributed by atoms with Gasteiger partial charge in [-0.1, -0.05) is 23.7 Å². The molecule has 0 radical (unpaired) electrons. The summed E-state index contributed by atoms with van der Waals surface area (Å²) in [6.45, 7) is 6.56. The Morgan fingerprint density at radius 3 is 2.71 bits per heavy atom. The van der Waals surface area contributed by atoms with E-state index in [2.05, 4.69) is 40.4 Å². The molecule has 1 saturated heterocycles. The van der Waals surface area contributed by atoms with E-state index in [1.54, 1.807) is 29.5 Å². The number of anilines is 2. The maximum Gasteiger partial charge on any atom is 0.256 e. The molecule has 1 aliphatic carbocycles. The fourth-order valence-corrected chi connectivity index (χ4v) is 6.59. The fraction of sp³-hybridized carbons (Fsp3) is 0.441. The number of hydrogen-bond acceptors (Lipinski definition) is 12. The van der Waals surface area contributed by atoms with Gasteiger partial charge in [-0.3, -0.25) is 14.6 Å². The molecular formula is C34H40ClN11O3. The van der Waals surface area contributed by atoms with Crippen LogP contribution in [-0.4, -0.2) is 94.9 Å². The number of pyridine rings is 1. The van der Waals surface area contributed by atoms with Crippen LogP contribution in [0.5, 0.6) is 11.6 Å². The molecule has 0 unspecified atom stereocenters. The Labute approximate surface area is 289 Å². The van der Waals surface area contributed by atoms with E-state index in [4.69, 9.17) is 35.9 Å². The Morgan fingerprint density at radius 2 is 1.92 bits per heavy atom. The summed E-state index contributed by atoms with van der Waals surface area (Å²) in [6, 6.07) is 12.3. The van der Waals surface area contributed by atoms with Gasteiger partial charge in [-0.15, -0.1) is 10.2 Å². The van der Waals surface area contributed by atoms with Gasteiger partial charge in [0.15, 0.2) is 0 Å². The van der Waals surface area contributed by atoms with Crippen molar-refractivity contribution in [3.63, 3.8) is 0 Å². The number of rotatable bonds is 13. The van der Waals surface area contributed by atoms with Crippen LogP contribution in [0.1, 0.15) is 44.2 Å². The van der Waals surface area contributed by atoms with Crippen molar-refractivity contribution in [2.24, 2.45) is 0 Å². The van der Waals surface area contributed by atoms with E-state index in [9.17, 15) is 0 Å². The highest BCUT2D eigenvalue weighted by Gasteiger charge is 2.29. The monoisotopic (exact) mass is 685 g/mol. The number of aromatic nitrogens is 9. The number of nitrogens with zero attached hydrogens (tertiary/aromatic N) is 10. The minimum Gasteiger partial charge on any atom is -0.487 e. The molecule has 1 N–H and O–H groups in total. The van der Waals surface area contributed by atoms with Gasteiger partial charge in [0, 0.05) is 49.7 Å². The average Bonchev–Trinajstić information content (AvgIpc) is 3.80. The van der Waals surface area contributed by atoms with Crippen LogP contribution >= 0.6 is 11.6 Å². The Morgan fingerprint density at radius 1 is 1.06 bits per heavy atom. The van der Waals surface area contributed by atoms with Crippen molar-refractivity contribution in [1.29, 1.82) is 0 Å². The van der Waals surface area contributed by atoms with E-state index >= 15 is 0 Å². The molecule has 1 aromatic carbocycles. The molecule has 256 valence electrons. The van der Waals surface area contributed by atoms with Crippen LogP contribution in [0.25, 0.3) is 11.3 Å². The summed E-state index contributed by atoms with van der Waals surface area (Å²) in [5.74, 6) is 1.49. The fourth-order valence-electron chi connectivity index (χ4n) is 6.43. The van der Waals surface area contributed by atoms with Crippen molar-refractivity contribution in [1.82, 2.24) is 49.8 Å². The topological polar surface area (TPSA) is 143 Å². The molecule has 7 rings (SSSR count). The lowest BCUT2D eigenvalue weighted by Gasteiger charge is -2.38. The number of benzene rings is 1. The van der Waals surface area contributed by atoms with Gasteiger partial charge < -0.3 is 19.5 Å². The number of halogens is 1. The number of ether oxygens (including phenoxy) is 3. The minimum atomic E-state index is -0.221. The van der Waals surface area contributed by atoms with Crippen LogP contribution in [0.4, 0.5) is 11.6 Å². The first-order valence-corrected chi connectivity index (χ1v) is 17.2. The summed E-state index contributed by atoms with van der Waals surface area (Å²) in [6.07, 6.45) is 13.8. The lowest BCUT2D eigenvalue weighted by atomic mass is 9.90. The minimum absolute atomic E-state index is 0.221. The van der Waals surface area contributed by atoms with Crippen molar-refractivity contribution in [3.8, 4) is 22.9 Å². The maximum absolute atomic E-state index is 6.51. The predicted molar refractivity (Wildman–Crippen MR) is 183 cm³/mol. The van der Waals surface area contributed by atoms with Crippen molar-refractivity contribution in [3.05, 3.63) is 78.1 Å². The van der Waals surface area contributed by atoms with Crippen LogP contribution in [0.2, 0.25) is 5.02 Å². The summed E-state index contributed by atoms with van der Waals surface area (Å²) in [4.78, 5) is 16.2. The van der Waals surface area contributed by atoms with Crippen molar-refractivity contribution < 1.29 is 14.2 Å². The van der Waals surface area contributed by atoms with Gasteiger partial charge in [-0.05, 0) is 72.9 Å². The first-order chi connectivity index (χ1) is 24.1. The molecule has 1 atom stereocenters. The van der Waals surface area contributed by atoms with Crippen LogP contribution < -0.4 is 14.8 Å². The summed E-state index contributed by atoms with van der Waals surface area (Å²) in [5, 5.41) is 20.1.